The number of nitrogens with zero attached hydrogens (tertiary/aromatic N) is 6. The molecule has 2 amide bonds. The molecule has 1 unspecified atom stereocenters. The Morgan fingerprint density at radius 3 is 2.59 bits per heavy atom. The van der Waals surface area contributed by atoms with Crippen molar-refractivity contribution >= 4 is 11.8 Å². The minimum atomic E-state index is 0.0473. The number of hydrogen-bond donors (Lipinski definition) is 0. The lowest BCUT2D eigenvalue weighted by molar-refractivity contribution is -0.133. The van der Waals surface area contributed by atoms with E-state index in [0.717, 1.165) is 51.0 Å². The molecule has 27 heavy (non-hydrogen) atoms. The van der Waals surface area contributed by atoms with Crippen LogP contribution in [0.4, 0.5) is 0 Å². The summed E-state index contributed by atoms with van der Waals surface area (Å²) < 4.78 is 1.54. The van der Waals surface area contributed by atoms with Crippen LogP contribution in [0.5, 0.6) is 0 Å². The van der Waals surface area contributed by atoms with Gasteiger partial charge in [-0.05, 0) is 37.8 Å². The molecule has 4 rings (SSSR count). The zero-order valence-corrected chi connectivity index (χ0v) is 15.3. The Bertz CT molecular complexity index is 783. The summed E-state index contributed by atoms with van der Waals surface area (Å²) >= 11 is 0. The monoisotopic (exact) mass is 368 g/mol. The summed E-state index contributed by atoms with van der Waals surface area (Å²) in [5, 5.41) is 4.00. The number of aromatic nitrogens is 4. The Balaban J connectivity index is 1.39. The van der Waals surface area contributed by atoms with Gasteiger partial charge in [-0.1, -0.05) is 0 Å². The summed E-state index contributed by atoms with van der Waals surface area (Å²) in [6.45, 7) is 3.30. The van der Waals surface area contributed by atoms with Gasteiger partial charge in [-0.15, -0.1) is 0 Å². The van der Waals surface area contributed by atoms with E-state index in [4.69, 9.17) is 0 Å². The van der Waals surface area contributed by atoms with Crippen molar-refractivity contribution in [2.45, 2.75) is 38.1 Å². The minimum Gasteiger partial charge on any atom is -0.340 e. The van der Waals surface area contributed by atoms with E-state index >= 15 is 0 Å². The molecule has 0 spiro atoms. The van der Waals surface area contributed by atoms with E-state index in [1.807, 2.05) is 21.9 Å². The molecule has 8 nitrogen and oxygen atoms in total. The van der Waals surface area contributed by atoms with Crippen molar-refractivity contribution in [2.24, 2.45) is 0 Å². The van der Waals surface area contributed by atoms with Crippen molar-refractivity contribution in [1.29, 1.82) is 0 Å². The molecule has 0 N–H and O–H groups in total. The van der Waals surface area contributed by atoms with Gasteiger partial charge >= 0.3 is 0 Å². The van der Waals surface area contributed by atoms with E-state index in [9.17, 15) is 9.59 Å². The van der Waals surface area contributed by atoms with Crippen LogP contribution in [0, 0.1) is 0 Å². The Kier molecular flexibility index (Phi) is 5.13. The Morgan fingerprint density at radius 2 is 1.89 bits per heavy atom. The predicted octanol–water partition coefficient (Wildman–Crippen LogP) is 1.32. The molecule has 2 fully saturated rings. The van der Waals surface area contributed by atoms with E-state index in [0.29, 0.717) is 12.1 Å². The molecule has 1 atom stereocenters. The number of piperidine rings is 1. The SMILES string of the molecule is O=C(Cn1cncn1)N1CCCC(c2ccc(C(=O)N3CCCC3)cn2)C1. The lowest BCUT2D eigenvalue weighted by atomic mass is 9.94. The first kappa shape index (κ1) is 17.6. The number of rotatable bonds is 4. The Labute approximate surface area is 158 Å². The van der Waals surface area contributed by atoms with Gasteiger partial charge in [0.1, 0.15) is 19.2 Å². The van der Waals surface area contributed by atoms with Gasteiger partial charge in [0.15, 0.2) is 0 Å². The van der Waals surface area contributed by atoms with Crippen molar-refractivity contribution in [2.75, 3.05) is 26.2 Å². The molecule has 8 heteroatoms. The van der Waals surface area contributed by atoms with Crippen LogP contribution in [-0.2, 0) is 11.3 Å². The maximum absolute atomic E-state index is 12.5. The third-order valence-corrected chi connectivity index (χ3v) is 5.38. The van der Waals surface area contributed by atoms with E-state index < -0.39 is 0 Å². The minimum absolute atomic E-state index is 0.0473. The fraction of sp³-hybridized carbons (Fsp3) is 0.526. The highest BCUT2D eigenvalue weighted by atomic mass is 16.2. The quantitative estimate of drug-likeness (QED) is 0.813. The lowest BCUT2D eigenvalue weighted by Gasteiger charge is -2.32. The molecule has 142 valence electrons. The molecule has 0 radical (unpaired) electrons. The van der Waals surface area contributed by atoms with Gasteiger partial charge in [0.25, 0.3) is 5.91 Å². The summed E-state index contributed by atoms with van der Waals surface area (Å²) in [7, 11) is 0. The van der Waals surface area contributed by atoms with E-state index in [1.54, 1.807) is 17.2 Å². The van der Waals surface area contributed by atoms with Gasteiger partial charge < -0.3 is 9.80 Å². The number of amides is 2. The van der Waals surface area contributed by atoms with Gasteiger partial charge in [-0.2, -0.15) is 5.10 Å². The number of hydrogen-bond acceptors (Lipinski definition) is 5. The maximum atomic E-state index is 12.5. The number of carbonyl (C=O) groups excluding carboxylic acids is 2. The van der Waals surface area contributed by atoms with Crippen LogP contribution in [0.1, 0.15) is 47.7 Å². The van der Waals surface area contributed by atoms with Gasteiger partial charge in [0, 0.05) is 44.0 Å². The summed E-state index contributed by atoms with van der Waals surface area (Å²) in [4.78, 5) is 37.1. The van der Waals surface area contributed by atoms with E-state index in [2.05, 4.69) is 15.1 Å². The molecule has 0 saturated carbocycles. The highest BCUT2D eigenvalue weighted by Crippen LogP contribution is 2.26. The van der Waals surface area contributed by atoms with Crippen LogP contribution < -0.4 is 0 Å². The van der Waals surface area contributed by atoms with Gasteiger partial charge in [-0.3, -0.25) is 14.6 Å². The second-order valence-corrected chi connectivity index (χ2v) is 7.24. The average molecular weight is 368 g/mol. The highest BCUT2D eigenvalue weighted by molar-refractivity contribution is 5.94. The molecular weight excluding hydrogens is 344 g/mol. The van der Waals surface area contributed by atoms with Crippen LogP contribution in [0.2, 0.25) is 0 Å². The summed E-state index contributed by atoms with van der Waals surface area (Å²) in [5.74, 6) is 0.320. The highest BCUT2D eigenvalue weighted by Gasteiger charge is 2.26. The smallest absolute Gasteiger partial charge is 0.255 e. The lowest BCUT2D eigenvalue weighted by Crippen LogP contribution is -2.41. The molecule has 2 saturated heterocycles. The summed E-state index contributed by atoms with van der Waals surface area (Å²) in [6.07, 6.45) is 8.78. The zero-order chi connectivity index (χ0) is 18.6. The first-order valence-electron chi connectivity index (χ1n) is 9.56. The molecular formula is C19H24N6O2. The number of pyridine rings is 1. The normalized spacial score (nSPS) is 20.1. The maximum Gasteiger partial charge on any atom is 0.255 e. The average Bonchev–Trinajstić information content (AvgIpc) is 3.42. The predicted molar refractivity (Wildman–Crippen MR) is 98.0 cm³/mol. The van der Waals surface area contributed by atoms with E-state index in [1.165, 1.54) is 6.33 Å². The zero-order valence-electron chi connectivity index (χ0n) is 15.3. The Hall–Kier alpha value is -2.77. The standard InChI is InChI=1S/C19H24N6O2/c26-18(12-25-14-20-13-22-25)24-9-3-4-16(11-24)17-6-5-15(10-21-17)19(27)23-7-1-2-8-23/h5-6,10,13-14,16H,1-4,7-9,11-12H2. The molecule has 0 aliphatic carbocycles. The topological polar surface area (TPSA) is 84.2 Å². The van der Waals surface area contributed by atoms with Gasteiger partial charge in [0.05, 0.1) is 5.56 Å². The number of carbonyl (C=O) groups is 2. The van der Waals surface area contributed by atoms with Crippen molar-refractivity contribution in [3.05, 3.63) is 42.2 Å². The third-order valence-electron chi connectivity index (χ3n) is 5.38. The van der Waals surface area contributed by atoms with Crippen molar-refractivity contribution in [3.8, 4) is 0 Å². The molecule has 0 bridgehead atoms. The first-order valence-corrected chi connectivity index (χ1v) is 9.56. The van der Waals surface area contributed by atoms with Crippen LogP contribution >= 0.6 is 0 Å². The molecule has 2 aliphatic rings. The summed E-state index contributed by atoms with van der Waals surface area (Å²) in [6, 6.07) is 3.82. The van der Waals surface area contributed by atoms with E-state index in [-0.39, 0.29) is 24.3 Å². The Morgan fingerprint density at radius 1 is 1.07 bits per heavy atom. The first-order chi connectivity index (χ1) is 13.2. The third kappa shape index (κ3) is 3.99. The van der Waals surface area contributed by atoms with Crippen LogP contribution in [0.15, 0.2) is 31.0 Å². The van der Waals surface area contributed by atoms with Gasteiger partial charge in [-0.25, -0.2) is 9.67 Å². The van der Waals surface area contributed by atoms with Crippen molar-refractivity contribution in [3.63, 3.8) is 0 Å². The fourth-order valence-corrected chi connectivity index (χ4v) is 3.87. The van der Waals surface area contributed by atoms with Crippen LogP contribution in [0.3, 0.4) is 0 Å². The fourth-order valence-electron chi connectivity index (χ4n) is 3.87. The second-order valence-electron chi connectivity index (χ2n) is 7.24. The molecule has 4 heterocycles. The molecule has 2 aliphatic heterocycles. The molecule has 2 aromatic rings. The van der Waals surface area contributed by atoms with Crippen molar-refractivity contribution < 1.29 is 9.59 Å². The van der Waals surface area contributed by atoms with Crippen molar-refractivity contribution in [1.82, 2.24) is 29.5 Å². The van der Waals surface area contributed by atoms with Gasteiger partial charge in [0.2, 0.25) is 5.91 Å². The second kappa shape index (κ2) is 7.85. The molecule has 2 aromatic heterocycles. The number of likely N-dealkylation sites (tertiary alicyclic amines) is 2. The molecule has 0 aromatic carbocycles. The van der Waals surface area contributed by atoms with Crippen LogP contribution in [0.25, 0.3) is 0 Å². The largest absolute Gasteiger partial charge is 0.340 e. The summed E-state index contributed by atoms with van der Waals surface area (Å²) in [5.41, 5.74) is 1.60. The van der Waals surface area contributed by atoms with Crippen LogP contribution in [-0.4, -0.2) is 67.5 Å².